The van der Waals surface area contributed by atoms with Gasteiger partial charge in [-0.05, 0) is 43.7 Å². The summed E-state index contributed by atoms with van der Waals surface area (Å²) in [5.74, 6) is 0.245. The molecule has 1 atom stereocenters. The number of anilines is 1. The molecule has 1 aliphatic carbocycles. The number of nitrogens with one attached hydrogen (secondary N) is 1. The van der Waals surface area contributed by atoms with Gasteiger partial charge in [-0.3, -0.25) is 4.79 Å². The predicted molar refractivity (Wildman–Crippen MR) is 125 cm³/mol. The summed E-state index contributed by atoms with van der Waals surface area (Å²) in [6, 6.07) is 2.29. The van der Waals surface area contributed by atoms with E-state index in [1.807, 2.05) is 13.8 Å². The molecule has 0 spiro atoms. The minimum Gasteiger partial charge on any atom is -0.463 e. The zero-order valence-corrected chi connectivity index (χ0v) is 19.6. The minimum absolute atomic E-state index is 0. The second-order valence-electron chi connectivity index (χ2n) is 8.06. The molecule has 0 bridgehead atoms. The maximum absolute atomic E-state index is 11.4. The molecule has 0 aliphatic heterocycles. The summed E-state index contributed by atoms with van der Waals surface area (Å²) in [7, 11) is 0. The van der Waals surface area contributed by atoms with E-state index in [1.165, 1.54) is 0 Å². The fraction of sp³-hybridized carbons (Fsp3) is 0.636. The normalized spacial score (nSPS) is 13.5. The Balaban J connectivity index is 0.00000480. The minimum atomic E-state index is -0.314. The lowest BCUT2D eigenvalue weighted by Gasteiger charge is -2.18. The summed E-state index contributed by atoms with van der Waals surface area (Å²) in [6.07, 6.45) is 6.00. The Labute approximate surface area is 191 Å². The van der Waals surface area contributed by atoms with Gasteiger partial charge in [0.15, 0.2) is 0 Å². The molecule has 2 rings (SSSR count). The molecule has 31 heavy (non-hydrogen) atoms. The van der Waals surface area contributed by atoms with Gasteiger partial charge < -0.3 is 21.5 Å². The van der Waals surface area contributed by atoms with Crippen molar-refractivity contribution < 1.29 is 9.53 Å². The smallest absolute Gasteiger partial charge is 0.318 e. The molecule has 1 amide bonds. The summed E-state index contributed by atoms with van der Waals surface area (Å²) in [5.41, 5.74) is 14.8. The van der Waals surface area contributed by atoms with Gasteiger partial charge in [0, 0.05) is 17.6 Å². The lowest BCUT2D eigenvalue weighted by Crippen LogP contribution is -2.45. The molecule has 0 saturated heterocycles. The highest BCUT2D eigenvalue weighted by atomic mass is 35.5. The van der Waals surface area contributed by atoms with Crippen molar-refractivity contribution in [2.24, 2.45) is 11.7 Å². The molecule has 1 unspecified atom stereocenters. The van der Waals surface area contributed by atoms with Gasteiger partial charge >= 0.3 is 6.01 Å². The van der Waals surface area contributed by atoms with E-state index < -0.39 is 0 Å². The maximum Gasteiger partial charge on any atom is 0.318 e. The van der Waals surface area contributed by atoms with Gasteiger partial charge in [0.25, 0.3) is 0 Å². The number of unbranched alkanes of at least 4 members (excludes halogenated alkanes) is 3. The molecule has 0 fully saturated rings. The Morgan fingerprint density at radius 2 is 2.00 bits per heavy atom. The molecule has 1 aromatic heterocycles. The number of halogens is 1. The van der Waals surface area contributed by atoms with Crippen molar-refractivity contribution >= 4 is 29.7 Å². The quantitative estimate of drug-likeness (QED) is 0.392. The van der Waals surface area contributed by atoms with Crippen LogP contribution in [0.3, 0.4) is 0 Å². The van der Waals surface area contributed by atoms with Crippen LogP contribution in [0.15, 0.2) is 5.57 Å². The Hall–Kier alpha value is -2.37. The Bertz CT molecular complexity index is 819. The fourth-order valence-electron chi connectivity index (χ4n) is 3.60. The van der Waals surface area contributed by atoms with E-state index in [-0.39, 0.29) is 36.3 Å². The van der Waals surface area contributed by atoms with Gasteiger partial charge in [0.2, 0.25) is 5.91 Å². The average molecular weight is 451 g/mol. The van der Waals surface area contributed by atoms with Crippen LogP contribution in [0.1, 0.15) is 70.6 Å². The monoisotopic (exact) mass is 450 g/mol. The summed E-state index contributed by atoms with van der Waals surface area (Å²) in [5, 5.41) is 12.8. The summed E-state index contributed by atoms with van der Waals surface area (Å²) in [6.45, 7) is 7.33. The van der Waals surface area contributed by atoms with Crippen LogP contribution in [-0.2, 0) is 11.2 Å². The van der Waals surface area contributed by atoms with Gasteiger partial charge in [-0.15, -0.1) is 12.4 Å². The molecule has 1 aromatic rings. The maximum atomic E-state index is 11.4. The first-order chi connectivity index (χ1) is 14.4. The van der Waals surface area contributed by atoms with E-state index in [2.05, 4.69) is 28.3 Å². The van der Waals surface area contributed by atoms with E-state index in [4.69, 9.17) is 16.2 Å². The van der Waals surface area contributed by atoms with E-state index in [1.54, 1.807) is 0 Å². The van der Waals surface area contributed by atoms with Crippen LogP contribution in [-0.4, -0.2) is 35.1 Å². The number of carbonyl (C=O) groups is 1. The second kappa shape index (κ2) is 13.1. The van der Waals surface area contributed by atoms with E-state index in [9.17, 15) is 10.1 Å². The molecule has 0 radical (unpaired) electrons. The Morgan fingerprint density at radius 3 is 2.61 bits per heavy atom. The zero-order valence-electron chi connectivity index (χ0n) is 18.7. The van der Waals surface area contributed by atoms with Crippen molar-refractivity contribution in [2.75, 3.05) is 18.9 Å². The van der Waals surface area contributed by atoms with Crippen molar-refractivity contribution in [3.05, 3.63) is 16.8 Å². The predicted octanol–water partition coefficient (Wildman–Crippen LogP) is 3.15. The highest BCUT2D eigenvalue weighted by Gasteiger charge is 2.27. The largest absolute Gasteiger partial charge is 0.463 e. The van der Waals surface area contributed by atoms with Crippen LogP contribution in [0.5, 0.6) is 6.01 Å². The standard InChI is InChI=1S/C22H34N6O2.ClH/c1-4-5-11-30-22-27-19-16(15(13-23)12-17(19)20(24)28-22)9-7-6-8-10-26-18(14(2)3)21(25)29;/h14,18,26H,4-12H2,1-3H3,(H2,25,29)(H2,24,27,28);1H. The first kappa shape index (κ1) is 26.7. The lowest BCUT2D eigenvalue weighted by atomic mass is 10.0. The number of primary amides is 1. The van der Waals surface area contributed by atoms with Gasteiger partial charge in [0.1, 0.15) is 5.82 Å². The Morgan fingerprint density at radius 1 is 1.26 bits per heavy atom. The highest BCUT2D eigenvalue weighted by Crippen LogP contribution is 2.37. The molecule has 0 aromatic carbocycles. The van der Waals surface area contributed by atoms with Crippen LogP contribution >= 0.6 is 12.4 Å². The lowest BCUT2D eigenvalue weighted by molar-refractivity contribution is -0.121. The third kappa shape index (κ3) is 7.37. The van der Waals surface area contributed by atoms with Gasteiger partial charge in [0.05, 0.1) is 24.4 Å². The third-order valence-electron chi connectivity index (χ3n) is 5.33. The fourth-order valence-corrected chi connectivity index (χ4v) is 3.60. The number of amides is 1. The highest BCUT2D eigenvalue weighted by molar-refractivity contribution is 5.85. The van der Waals surface area contributed by atoms with Crippen LogP contribution in [0.4, 0.5) is 5.82 Å². The number of allylic oxidation sites excluding steroid dienone is 2. The van der Waals surface area contributed by atoms with Crippen molar-refractivity contribution in [2.45, 2.75) is 71.8 Å². The first-order valence-corrected chi connectivity index (χ1v) is 10.8. The topological polar surface area (TPSA) is 140 Å². The molecular weight excluding hydrogens is 416 g/mol. The van der Waals surface area contributed by atoms with Crippen molar-refractivity contribution in [3.63, 3.8) is 0 Å². The van der Waals surface area contributed by atoms with Gasteiger partial charge in [-0.25, -0.2) is 0 Å². The number of ether oxygens (including phenoxy) is 1. The number of nitriles is 1. The number of nitrogens with two attached hydrogens (primary N) is 2. The van der Waals surface area contributed by atoms with E-state index in [0.717, 1.165) is 61.9 Å². The molecule has 1 heterocycles. The van der Waals surface area contributed by atoms with Crippen molar-refractivity contribution in [1.82, 2.24) is 15.3 Å². The number of nitrogen functional groups attached to an aromatic ring is 1. The molecule has 9 heteroatoms. The number of carbonyl (C=O) groups excluding carboxylic acids is 1. The SMILES string of the molecule is CCCCOc1nc(N)c2c(n1)C(CCCCCNC(C(N)=O)C(C)C)=C(C#N)C2.Cl. The summed E-state index contributed by atoms with van der Waals surface area (Å²) >= 11 is 0. The van der Waals surface area contributed by atoms with Crippen LogP contribution in [0.2, 0.25) is 0 Å². The van der Waals surface area contributed by atoms with Crippen LogP contribution in [0.25, 0.3) is 5.57 Å². The summed E-state index contributed by atoms with van der Waals surface area (Å²) in [4.78, 5) is 20.3. The molecule has 172 valence electrons. The molecular formula is C22H35ClN6O2. The van der Waals surface area contributed by atoms with Crippen molar-refractivity contribution in [1.29, 1.82) is 5.26 Å². The molecule has 0 saturated carbocycles. The average Bonchev–Trinajstić information content (AvgIpc) is 3.05. The second-order valence-corrected chi connectivity index (χ2v) is 8.06. The number of aromatic nitrogens is 2. The number of nitrogens with zero attached hydrogens (tertiary/aromatic N) is 3. The van der Waals surface area contributed by atoms with E-state index in [0.29, 0.717) is 24.4 Å². The van der Waals surface area contributed by atoms with Gasteiger partial charge in [-0.1, -0.05) is 33.6 Å². The summed E-state index contributed by atoms with van der Waals surface area (Å²) < 4.78 is 5.63. The Kier molecular flexibility index (Phi) is 11.3. The molecule has 5 N–H and O–H groups in total. The van der Waals surface area contributed by atoms with Crippen LogP contribution in [0, 0.1) is 17.2 Å². The number of rotatable bonds is 13. The first-order valence-electron chi connectivity index (χ1n) is 10.8. The van der Waals surface area contributed by atoms with Crippen molar-refractivity contribution in [3.8, 4) is 12.1 Å². The zero-order chi connectivity index (χ0) is 22.1. The molecule has 8 nitrogen and oxygen atoms in total. The number of hydrogen-bond donors (Lipinski definition) is 3. The number of hydrogen-bond acceptors (Lipinski definition) is 7. The third-order valence-corrected chi connectivity index (χ3v) is 5.33. The number of fused-ring (bicyclic) bond motifs is 1. The van der Waals surface area contributed by atoms with Gasteiger partial charge in [-0.2, -0.15) is 15.2 Å². The molecule has 1 aliphatic rings. The van der Waals surface area contributed by atoms with E-state index >= 15 is 0 Å². The van der Waals surface area contributed by atoms with Crippen LogP contribution < -0.4 is 21.5 Å².